The molecule has 0 saturated carbocycles. The van der Waals surface area contributed by atoms with E-state index < -0.39 is 0 Å². The van der Waals surface area contributed by atoms with E-state index in [1.807, 2.05) is 27.8 Å². The lowest BCUT2D eigenvalue weighted by Gasteiger charge is -2.06. The van der Waals surface area contributed by atoms with Gasteiger partial charge in [0.15, 0.2) is 11.4 Å². The van der Waals surface area contributed by atoms with Crippen LogP contribution in [0.25, 0.3) is 0 Å². The summed E-state index contributed by atoms with van der Waals surface area (Å²) in [5, 5.41) is 8.44. The van der Waals surface area contributed by atoms with Gasteiger partial charge in [0.2, 0.25) is 5.78 Å². The first-order valence-corrected chi connectivity index (χ1v) is 6.15. The second-order valence-corrected chi connectivity index (χ2v) is 4.38. The van der Waals surface area contributed by atoms with Gasteiger partial charge in [-0.25, -0.2) is 0 Å². The van der Waals surface area contributed by atoms with Crippen LogP contribution >= 0.6 is 0 Å². The summed E-state index contributed by atoms with van der Waals surface area (Å²) in [4.78, 5) is 12.7. The molecule has 0 spiro atoms. The van der Waals surface area contributed by atoms with Crippen LogP contribution in [0.15, 0.2) is 6.20 Å². The third-order valence-corrected chi connectivity index (χ3v) is 3.28. The number of ketones is 1. The number of ether oxygens (including phenoxy) is 1. The SMILES string of the molecule is CCn1ncc(OC)c1C(=O)c1c(C)nn(C)c1C. The first-order chi connectivity index (χ1) is 9.01. The second-order valence-electron chi connectivity index (χ2n) is 4.38. The van der Waals surface area contributed by atoms with Gasteiger partial charge < -0.3 is 4.74 Å². The van der Waals surface area contributed by atoms with Gasteiger partial charge in [0.25, 0.3) is 0 Å². The van der Waals surface area contributed by atoms with E-state index in [2.05, 4.69) is 10.2 Å². The van der Waals surface area contributed by atoms with Crippen molar-refractivity contribution in [3.63, 3.8) is 0 Å². The number of carbonyl (C=O) groups excluding carboxylic acids is 1. The number of hydrogen-bond donors (Lipinski definition) is 0. The Labute approximate surface area is 112 Å². The highest BCUT2D eigenvalue weighted by molar-refractivity contribution is 6.11. The molecule has 2 aromatic heterocycles. The molecule has 2 aromatic rings. The number of carbonyl (C=O) groups is 1. The summed E-state index contributed by atoms with van der Waals surface area (Å²) in [6, 6.07) is 0. The molecule has 102 valence electrons. The van der Waals surface area contributed by atoms with Crippen LogP contribution in [0.5, 0.6) is 5.75 Å². The van der Waals surface area contributed by atoms with E-state index in [9.17, 15) is 4.79 Å². The zero-order valence-corrected chi connectivity index (χ0v) is 11.9. The first kappa shape index (κ1) is 13.3. The average Bonchev–Trinajstić information content (AvgIpc) is 2.90. The largest absolute Gasteiger partial charge is 0.493 e. The van der Waals surface area contributed by atoms with Gasteiger partial charge in [-0.1, -0.05) is 0 Å². The maximum Gasteiger partial charge on any atom is 0.218 e. The Kier molecular flexibility index (Phi) is 3.42. The molecular weight excluding hydrogens is 244 g/mol. The van der Waals surface area contributed by atoms with Crippen LogP contribution in [0.2, 0.25) is 0 Å². The second kappa shape index (κ2) is 4.87. The van der Waals surface area contributed by atoms with Crippen LogP contribution in [0.1, 0.15) is 34.4 Å². The van der Waals surface area contributed by atoms with Gasteiger partial charge in [0.05, 0.1) is 24.6 Å². The number of methoxy groups -OCH3 is 1. The van der Waals surface area contributed by atoms with Crippen molar-refractivity contribution < 1.29 is 9.53 Å². The normalized spacial score (nSPS) is 10.8. The van der Waals surface area contributed by atoms with Gasteiger partial charge in [-0.05, 0) is 20.8 Å². The lowest BCUT2D eigenvalue weighted by atomic mass is 10.1. The van der Waals surface area contributed by atoms with Crippen LogP contribution in [0, 0.1) is 13.8 Å². The van der Waals surface area contributed by atoms with E-state index >= 15 is 0 Å². The molecule has 6 heteroatoms. The lowest BCUT2D eigenvalue weighted by molar-refractivity contribution is 0.102. The van der Waals surface area contributed by atoms with Gasteiger partial charge in [-0.3, -0.25) is 14.2 Å². The Balaban J connectivity index is 2.58. The van der Waals surface area contributed by atoms with E-state index in [0.29, 0.717) is 23.6 Å². The fourth-order valence-electron chi connectivity index (χ4n) is 2.21. The molecule has 6 nitrogen and oxygen atoms in total. The molecule has 0 aliphatic heterocycles. The number of hydrogen-bond acceptors (Lipinski definition) is 4. The fraction of sp³-hybridized carbons (Fsp3) is 0.462. The van der Waals surface area contributed by atoms with Crippen molar-refractivity contribution in [2.24, 2.45) is 7.05 Å². The highest BCUT2D eigenvalue weighted by Crippen LogP contribution is 2.24. The fourth-order valence-corrected chi connectivity index (χ4v) is 2.21. The summed E-state index contributed by atoms with van der Waals surface area (Å²) in [6.07, 6.45) is 1.57. The van der Waals surface area contributed by atoms with E-state index in [0.717, 1.165) is 11.4 Å². The van der Waals surface area contributed by atoms with Gasteiger partial charge in [0.1, 0.15) is 0 Å². The molecule has 2 rings (SSSR count). The summed E-state index contributed by atoms with van der Waals surface area (Å²) in [7, 11) is 3.37. The standard InChI is InChI=1S/C13H18N4O2/c1-6-17-12(10(19-5)7-14-17)13(18)11-8(2)15-16(4)9(11)3/h7H,6H2,1-5H3. The van der Waals surface area contributed by atoms with Crippen LogP contribution in [0.3, 0.4) is 0 Å². The molecular formula is C13H18N4O2. The molecule has 0 radical (unpaired) electrons. The van der Waals surface area contributed by atoms with Crippen molar-refractivity contribution in [1.29, 1.82) is 0 Å². The molecule has 0 amide bonds. The van der Waals surface area contributed by atoms with Crippen molar-refractivity contribution in [3.05, 3.63) is 28.8 Å². The van der Waals surface area contributed by atoms with Crippen molar-refractivity contribution in [1.82, 2.24) is 19.6 Å². The summed E-state index contributed by atoms with van der Waals surface area (Å²) < 4.78 is 8.58. The van der Waals surface area contributed by atoms with Gasteiger partial charge in [-0.2, -0.15) is 10.2 Å². The molecule has 0 saturated heterocycles. The van der Waals surface area contributed by atoms with Crippen LogP contribution in [-0.4, -0.2) is 32.5 Å². The minimum Gasteiger partial charge on any atom is -0.493 e. The quantitative estimate of drug-likeness (QED) is 0.783. The van der Waals surface area contributed by atoms with Crippen LogP contribution < -0.4 is 4.74 Å². The van der Waals surface area contributed by atoms with E-state index in [-0.39, 0.29) is 5.78 Å². The predicted octanol–water partition coefficient (Wildman–Crippen LogP) is 1.49. The maximum absolute atomic E-state index is 12.7. The average molecular weight is 262 g/mol. The molecule has 0 unspecified atom stereocenters. The number of rotatable bonds is 4. The third-order valence-electron chi connectivity index (χ3n) is 3.28. The lowest BCUT2D eigenvalue weighted by Crippen LogP contribution is -2.13. The molecule has 0 N–H and O–H groups in total. The first-order valence-electron chi connectivity index (χ1n) is 6.15. The predicted molar refractivity (Wildman–Crippen MR) is 70.6 cm³/mol. The highest BCUT2D eigenvalue weighted by Gasteiger charge is 2.25. The number of aromatic nitrogens is 4. The minimum atomic E-state index is -0.0979. The maximum atomic E-state index is 12.7. The van der Waals surface area contributed by atoms with Gasteiger partial charge in [0, 0.05) is 19.3 Å². The van der Waals surface area contributed by atoms with E-state index in [1.54, 1.807) is 15.6 Å². The van der Waals surface area contributed by atoms with Crippen LogP contribution in [-0.2, 0) is 13.6 Å². The van der Waals surface area contributed by atoms with E-state index in [4.69, 9.17) is 4.74 Å². The van der Waals surface area contributed by atoms with Crippen molar-refractivity contribution in [2.75, 3.05) is 7.11 Å². The highest BCUT2D eigenvalue weighted by atomic mass is 16.5. The third kappa shape index (κ3) is 2.03. The molecule has 0 fully saturated rings. The zero-order valence-electron chi connectivity index (χ0n) is 11.9. The monoisotopic (exact) mass is 262 g/mol. The summed E-state index contributed by atoms with van der Waals surface area (Å²) in [6.45, 7) is 6.26. The Morgan fingerprint density at radius 2 is 2.11 bits per heavy atom. The van der Waals surface area contributed by atoms with Crippen LogP contribution in [0.4, 0.5) is 0 Å². The van der Waals surface area contributed by atoms with Crippen molar-refractivity contribution in [2.45, 2.75) is 27.3 Å². The zero-order chi connectivity index (χ0) is 14.2. The molecule has 19 heavy (non-hydrogen) atoms. The van der Waals surface area contributed by atoms with Gasteiger partial charge >= 0.3 is 0 Å². The topological polar surface area (TPSA) is 61.9 Å². The number of nitrogens with zero attached hydrogens (tertiary/aromatic N) is 4. The van der Waals surface area contributed by atoms with E-state index in [1.165, 1.54) is 7.11 Å². The molecule has 0 aliphatic carbocycles. The Morgan fingerprint density at radius 3 is 2.58 bits per heavy atom. The molecule has 0 atom stereocenters. The number of aryl methyl sites for hydroxylation is 3. The summed E-state index contributed by atoms with van der Waals surface area (Å²) >= 11 is 0. The van der Waals surface area contributed by atoms with Crippen molar-refractivity contribution >= 4 is 5.78 Å². The Bertz CT molecular complexity index is 603. The van der Waals surface area contributed by atoms with Gasteiger partial charge in [-0.15, -0.1) is 0 Å². The smallest absolute Gasteiger partial charge is 0.218 e. The molecule has 0 aromatic carbocycles. The van der Waals surface area contributed by atoms with Crippen molar-refractivity contribution in [3.8, 4) is 5.75 Å². The minimum absolute atomic E-state index is 0.0979. The Hall–Kier alpha value is -2.11. The molecule has 0 aliphatic rings. The summed E-state index contributed by atoms with van der Waals surface area (Å²) in [5.74, 6) is 0.397. The molecule has 2 heterocycles. The Morgan fingerprint density at radius 1 is 1.42 bits per heavy atom. The summed E-state index contributed by atoms with van der Waals surface area (Å²) in [5.41, 5.74) is 2.66. The molecule has 0 bridgehead atoms.